The van der Waals surface area contributed by atoms with Gasteiger partial charge in [0.2, 0.25) is 0 Å². The molecule has 1 N–H and O–H groups in total. The molecule has 2 rings (SSSR count). The molecule has 3 nitrogen and oxygen atoms in total. The lowest BCUT2D eigenvalue weighted by Gasteiger charge is -2.08. The normalized spacial score (nSPS) is 10.4. The summed E-state index contributed by atoms with van der Waals surface area (Å²) in [4.78, 5) is 0. The lowest BCUT2D eigenvalue weighted by atomic mass is 10.2. The Morgan fingerprint density at radius 2 is 2.19 bits per heavy atom. The number of halogens is 1. The maximum atomic E-state index is 5.89. The summed E-state index contributed by atoms with van der Waals surface area (Å²) < 4.78 is 1.80. The average molecular weight is 236 g/mol. The first kappa shape index (κ1) is 11.0. The fraction of sp³-hybridized carbons (Fsp3) is 0.250. The van der Waals surface area contributed by atoms with Crippen LogP contribution in [0.4, 0.5) is 5.69 Å². The quantitative estimate of drug-likeness (QED) is 0.887. The van der Waals surface area contributed by atoms with E-state index in [9.17, 15) is 0 Å². The first-order valence-electron chi connectivity index (χ1n) is 5.14. The molecule has 0 bridgehead atoms. The molecule has 0 unspecified atom stereocenters. The van der Waals surface area contributed by atoms with E-state index >= 15 is 0 Å². The maximum Gasteiger partial charge on any atom is 0.0815 e. The van der Waals surface area contributed by atoms with Crippen molar-refractivity contribution in [1.29, 1.82) is 0 Å². The third-order valence-corrected chi connectivity index (χ3v) is 2.65. The van der Waals surface area contributed by atoms with Gasteiger partial charge in [0.25, 0.3) is 0 Å². The van der Waals surface area contributed by atoms with Crippen LogP contribution >= 0.6 is 11.6 Å². The van der Waals surface area contributed by atoms with Crippen LogP contribution in [0.5, 0.6) is 0 Å². The fourth-order valence-electron chi connectivity index (χ4n) is 1.57. The van der Waals surface area contributed by atoms with E-state index < -0.39 is 0 Å². The molecule has 1 aromatic carbocycles. The number of aryl methyl sites for hydroxylation is 2. The summed E-state index contributed by atoms with van der Waals surface area (Å²) in [7, 11) is 1.91. The van der Waals surface area contributed by atoms with Crippen LogP contribution in [0.2, 0.25) is 5.02 Å². The fourth-order valence-corrected chi connectivity index (χ4v) is 1.80. The molecule has 1 aromatic heterocycles. The molecule has 4 heteroatoms. The number of nitrogens with one attached hydrogen (secondary N) is 1. The monoisotopic (exact) mass is 235 g/mol. The highest BCUT2D eigenvalue weighted by Crippen LogP contribution is 2.19. The molecule has 0 amide bonds. The summed E-state index contributed by atoms with van der Waals surface area (Å²) in [5.41, 5.74) is 3.26. The zero-order valence-corrected chi connectivity index (χ0v) is 10.1. The summed E-state index contributed by atoms with van der Waals surface area (Å²) >= 11 is 5.89. The number of rotatable bonds is 3. The molecule has 0 radical (unpaired) electrons. The van der Waals surface area contributed by atoms with Crippen LogP contribution in [-0.4, -0.2) is 9.78 Å². The molecule has 0 aliphatic carbocycles. The van der Waals surface area contributed by atoms with Gasteiger partial charge in [-0.2, -0.15) is 5.10 Å². The van der Waals surface area contributed by atoms with Crippen molar-refractivity contribution in [3.05, 3.63) is 46.7 Å². The average Bonchev–Trinajstić information content (AvgIpc) is 2.63. The number of anilines is 1. The predicted octanol–water partition coefficient (Wildman–Crippen LogP) is 2.99. The third kappa shape index (κ3) is 2.55. The van der Waals surface area contributed by atoms with Crippen molar-refractivity contribution in [2.45, 2.75) is 13.5 Å². The van der Waals surface area contributed by atoms with Crippen molar-refractivity contribution in [1.82, 2.24) is 9.78 Å². The molecule has 0 fully saturated rings. The highest BCUT2D eigenvalue weighted by molar-refractivity contribution is 6.30. The van der Waals surface area contributed by atoms with Gasteiger partial charge >= 0.3 is 0 Å². The van der Waals surface area contributed by atoms with Crippen LogP contribution in [-0.2, 0) is 13.6 Å². The Morgan fingerprint density at radius 1 is 1.38 bits per heavy atom. The van der Waals surface area contributed by atoms with Gasteiger partial charge in [0.05, 0.1) is 12.2 Å². The zero-order chi connectivity index (χ0) is 11.5. The second-order valence-electron chi connectivity index (χ2n) is 3.79. The predicted molar refractivity (Wildman–Crippen MR) is 66.7 cm³/mol. The molecule has 0 aliphatic heterocycles. The van der Waals surface area contributed by atoms with Crippen LogP contribution in [0.3, 0.4) is 0 Å². The molecular weight excluding hydrogens is 222 g/mol. The van der Waals surface area contributed by atoms with E-state index in [1.54, 1.807) is 4.68 Å². The Morgan fingerprint density at radius 3 is 2.81 bits per heavy atom. The highest BCUT2D eigenvalue weighted by atomic mass is 35.5. The second-order valence-corrected chi connectivity index (χ2v) is 4.23. The van der Waals surface area contributed by atoms with E-state index in [4.69, 9.17) is 11.6 Å². The first-order valence-corrected chi connectivity index (χ1v) is 5.51. The lowest BCUT2D eigenvalue weighted by Crippen LogP contribution is -2.02. The topological polar surface area (TPSA) is 29.9 Å². The molecule has 16 heavy (non-hydrogen) atoms. The number of benzene rings is 1. The Kier molecular flexibility index (Phi) is 3.15. The van der Waals surface area contributed by atoms with E-state index in [2.05, 4.69) is 10.4 Å². The number of aromatic nitrogens is 2. The molecule has 0 saturated heterocycles. The Labute approximate surface area is 100 Å². The number of hydrogen-bond acceptors (Lipinski definition) is 2. The van der Waals surface area contributed by atoms with Crippen LogP contribution in [0, 0.1) is 6.92 Å². The van der Waals surface area contributed by atoms with Gasteiger partial charge in [-0.15, -0.1) is 0 Å². The van der Waals surface area contributed by atoms with E-state index in [1.807, 2.05) is 44.4 Å². The van der Waals surface area contributed by atoms with Gasteiger partial charge in [0.15, 0.2) is 0 Å². The smallest absolute Gasteiger partial charge is 0.0815 e. The maximum absolute atomic E-state index is 5.89. The third-order valence-electron chi connectivity index (χ3n) is 2.42. The minimum absolute atomic E-state index is 0.726. The standard InChI is InChI=1S/C12H14ClN3/c1-9-7-10(13)3-4-12(9)14-8-11-5-6-16(2)15-11/h3-7,14H,8H2,1-2H3. The minimum Gasteiger partial charge on any atom is -0.379 e. The molecule has 2 aromatic rings. The van der Waals surface area contributed by atoms with Crippen molar-refractivity contribution in [3.63, 3.8) is 0 Å². The van der Waals surface area contributed by atoms with Crippen molar-refractivity contribution >= 4 is 17.3 Å². The van der Waals surface area contributed by atoms with E-state index in [-0.39, 0.29) is 0 Å². The van der Waals surface area contributed by atoms with E-state index in [1.165, 1.54) is 0 Å². The highest BCUT2D eigenvalue weighted by Gasteiger charge is 2.00. The van der Waals surface area contributed by atoms with Crippen LogP contribution < -0.4 is 5.32 Å². The Balaban J connectivity index is 2.04. The summed E-state index contributed by atoms with van der Waals surface area (Å²) in [6.07, 6.45) is 1.94. The van der Waals surface area contributed by atoms with Gasteiger partial charge in [-0.25, -0.2) is 0 Å². The molecule has 0 atom stereocenters. The van der Waals surface area contributed by atoms with Crippen molar-refractivity contribution in [3.8, 4) is 0 Å². The molecular formula is C12H14ClN3. The number of hydrogen-bond donors (Lipinski definition) is 1. The van der Waals surface area contributed by atoms with Crippen molar-refractivity contribution < 1.29 is 0 Å². The molecule has 0 saturated carbocycles. The van der Waals surface area contributed by atoms with Gasteiger partial charge in [-0.05, 0) is 36.8 Å². The number of nitrogens with zero attached hydrogens (tertiary/aromatic N) is 2. The largest absolute Gasteiger partial charge is 0.379 e. The van der Waals surface area contributed by atoms with E-state index in [0.717, 1.165) is 28.5 Å². The van der Waals surface area contributed by atoms with Crippen molar-refractivity contribution in [2.75, 3.05) is 5.32 Å². The van der Waals surface area contributed by atoms with Gasteiger partial charge in [-0.1, -0.05) is 11.6 Å². The van der Waals surface area contributed by atoms with Crippen molar-refractivity contribution in [2.24, 2.45) is 7.05 Å². The molecule has 1 heterocycles. The van der Waals surface area contributed by atoms with Crippen LogP contribution in [0.1, 0.15) is 11.3 Å². The Hall–Kier alpha value is -1.48. The molecule has 0 spiro atoms. The minimum atomic E-state index is 0.726. The van der Waals surface area contributed by atoms with Crippen LogP contribution in [0.15, 0.2) is 30.5 Å². The van der Waals surface area contributed by atoms with Gasteiger partial charge in [0.1, 0.15) is 0 Å². The van der Waals surface area contributed by atoms with Crippen LogP contribution in [0.25, 0.3) is 0 Å². The summed E-state index contributed by atoms with van der Waals surface area (Å²) in [5, 5.41) is 8.40. The first-order chi connectivity index (χ1) is 7.65. The van der Waals surface area contributed by atoms with E-state index in [0.29, 0.717) is 0 Å². The Bertz CT molecular complexity index is 491. The lowest BCUT2D eigenvalue weighted by molar-refractivity contribution is 0.747. The zero-order valence-electron chi connectivity index (χ0n) is 9.37. The molecule has 0 aliphatic rings. The second kappa shape index (κ2) is 4.58. The SMILES string of the molecule is Cc1cc(Cl)ccc1NCc1ccn(C)n1. The summed E-state index contributed by atoms with van der Waals surface area (Å²) in [6, 6.07) is 7.82. The van der Waals surface area contributed by atoms with Gasteiger partial charge in [-0.3, -0.25) is 4.68 Å². The van der Waals surface area contributed by atoms with Gasteiger partial charge < -0.3 is 5.32 Å². The summed E-state index contributed by atoms with van der Waals surface area (Å²) in [6.45, 7) is 2.76. The molecule has 84 valence electrons. The van der Waals surface area contributed by atoms with Gasteiger partial charge in [0, 0.05) is 24.0 Å². The summed E-state index contributed by atoms with van der Waals surface area (Å²) in [5.74, 6) is 0.